The van der Waals surface area contributed by atoms with Crippen LogP contribution in [0.1, 0.15) is 15.9 Å². The molecular formula is C17H13NO5. The maximum atomic E-state index is 12.6. The second-order valence-corrected chi connectivity index (χ2v) is 5.00. The number of nitro benzene ring substituents is 1. The Morgan fingerprint density at radius 1 is 1.22 bits per heavy atom. The molecule has 6 heteroatoms. The average molecular weight is 311 g/mol. The lowest BCUT2D eigenvalue weighted by Crippen LogP contribution is -2.19. The number of methoxy groups -OCH3 is 1. The van der Waals surface area contributed by atoms with Crippen molar-refractivity contribution in [3.63, 3.8) is 0 Å². The van der Waals surface area contributed by atoms with Crippen LogP contribution in [0, 0.1) is 10.1 Å². The molecule has 0 aliphatic carbocycles. The van der Waals surface area contributed by atoms with Gasteiger partial charge >= 0.3 is 0 Å². The zero-order valence-corrected chi connectivity index (χ0v) is 12.3. The Kier molecular flexibility index (Phi) is 3.80. The van der Waals surface area contributed by atoms with Crippen molar-refractivity contribution in [3.8, 4) is 11.5 Å². The number of carbonyl (C=O) groups excluding carboxylic acids is 1. The number of ether oxygens (including phenoxy) is 2. The monoisotopic (exact) mass is 311 g/mol. The number of hydrogen-bond donors (Lipinski definition) is 0. The van der Waals surface area contributed by atoms with E-state index >= 15 is 0 Å². The summed E-state index contributed by atoms with van der Waals surface area (Å²) >= 11 is 0. The summed E-state index contributed by atoms with van der Waals surface area (Å²) in [5.41, 5.74) is 1.64. The van der Waals surface area contributed by atoms with E-state index in [1.165, 1.54) is 19.2 Å². The quantitative estimate of drug-likeness (QED) is 0.494. The molecule has 2 aromatic rings. The molecular weight excluding hydrogens is 298 g/mol. The van der Waals surface area contributed by atoms with Crippen molar-refractivity contribution in [1.29, 1.82) is 0 Å². The first-order valence-electron chi connectivity index (χ1n) is 6.89. The Morgan fingerprint density at radius 2 is 1.96 bits per heavy atom. The number of carbonyl (C=O) groups is 1. The average Bonchev–Trinajstić information content (AvgIpc) is 2.57. The summed E-state index contributed by atoms with van der Waals surface area (Å²) in [6.07, 6.45) is 1.68. The lowest BCUT2D eigenvalue weighted by Gasteiger charge is -2.19. The summed E-state index contributed by atoms with van der Waals surface area (Å²) in [5, 5.41) is 10.7. The first kappa shape index (κ1) is 14.8. The molecule has 3 rings (SSSR count). The van der Waals surface area contributed by atoms with Crippen molar-refractivity contribution in [3.05, 3.63) is 69.3 Å². The van der Waals surface area contributed by atoms with E-state index in [0.29, 0.717) is 28.2 Å². The van der Waals surface area contributed by atoms with Gasteiger partial charge in [0.05, 0.1) is 17.6 Å². The van der Waals surface area contributed by atoms with Crippen LogP contribution >= 0.6 is 0 Å². The van der Waals surface area contributed by atoms with Gasteiger partial charge in [0, 0.05) is 17.7 Å². The molecule has 0 amide bonds. The topological polar surface area (TPSA) is 78.7 Å². The second kappa shape index (κ2) is 5.92. The first-order valence-corrected chi connectivity index (χ1v) is 6.89. The summed E-state index contributed by atoms with van der Waals surface area (Å²) in [6.45, 7) is 0.162. The maximum Gasteiger partial charge on any atom is 0.269 e. The fourth-order valence-corrected chi connectivity index (χ4v) is 2.33. The predicted octanol–water partition coefficient (Wildman–Crippen LogP) is 3.26. The van der Waals surface area contributed by atoms with Crippen LogP contribution in [0.4, 0.5) is 5.69 Å². The molecule has 0 fully saturated rings. The third kappa shape index (κ3) is 2.91. The van der Waals surface area contributed by atoms with E-state index in [-0.39, 0.29) is 18.1 Å². The van der Waals surface area contributed by atoms with Crippen molar-refractivity contribution in [1.82, 2.24) is 0 Å². The van der Waals surface area contributed by atoms with Gasteiger partial charge in [-0.3, -0.25) is 14.9 Å². The molecule has 1 aliphatic rings. The van der Waals surface area contributed by atoms with Crippen LogP contribution in [-0.4, -0.2) is 24.4 Å². The van der Waals surface area contributed by atoms with Crippen LogP contribution in [0.3, 0.4) is 0 Å². The highest BCUT2D eigenvalue weighted by atomic mass is 16.6. The number of hydrogen-bond acceptors (Lipinski definition) is 5. The minimum atomic E-state index is -0.464. The molecule has 0 radical (unpaired) electrons. The zero-order valence-electron chi connectivity index (χ0n) is 12.3. The van der Waals surface area contributed by atoms with E-state index in [4.69, 9.17) is 9.47 Å². The molecule has 116 valence electrons. The Bertz CT molecular complexity index is 808. The molecule has 0 saturated heterocycles. The van der Waals surface area contributed by atoms with Crippen LogP contribution in [0.5, 0.6) is 11.5 Å². The number of fused-ring (bicyclic) bond motifs is 1. The predicted molar refractivity (Wildman–Crippen MR) is 83.9 cm³/mol. The number of ketones is 1. The van der Waals surface area contributed by atoms with Crippen molar-refractivity contribution < 1.29 is 19.2 Å². The molecule has 0 bridgehead atoms. The van der Waals surface area contributed by atoms with Gasteiger partial charge in [-0.05, 0) is 42.0 Å². The smallest absolute Gasteiger partial charge is 0.269 e. The van der Waals surface area contributed by atoms with Crippen molar-refractivity contribution in [2.45, 2.75) is 0 Å². The van der Waals surface area contributed by atoms with Crippen LogP contribution in [0.15, 0.2) is 48.0 Å². The number of nitro groups is 1. The summed E-state index contributed by atoms with van der Waals surface area (Å²) in [6, 6.07) is 11.1. The first-order chi connectivity index (χ1) is 11.1. The fraction of sp³-hybridized carbons (Fsp3) is 0.118. The molecule has 0 N–H and O–H groups in total. The Labute approximate surface area is 132 Å². The third-order valence-corrected chi connectivity index (χ3v) is 3.55. The number of non-ortho nitro benzene ring substituents is 1. The summed E-state index contributed by atoms with van der Waals surface area (Å²) in [4.78, 5) is 22.7. The van der Waals surface area contributed by atoms with Gasteiger partial charge in [0.25, 0.3) is 5.69 Å². The summed E-state index contributed by atoms with van der Waals surface area (Å²) in [7, 11) is 1.53. The van der Waals surface area contributed by atoms with E-state index in [0.717, 1.165) is 0 Å². The third-order valence-electron chi connectivity index (χ3n) is 3.55. The molecule has 0 spiro atoms. The minimum Gasteiger partial charge on any atom is -0.497 e. The number of Topliss-reactive ketones (excluding diaryl/α,β-unsaturated/α-hetero) is 1. The molecule has 1 aliphatic heterocycles. The largest absolute Gasteiger partial charge is 0.497 e. The normalized spacial score (nSPS) is 15.0. The molecule has 6 nitrogen and oxygen atoms in total. The Hall–Kier alpha value is -3.15. The van der Waals surface area contributed by atoms with Gasteiger partial charge in [-0.1, -0.05) is 0 Å². The molecule has 0 saturated carbocycles. The highest BCUT2D eigenvalue weighted by Gasteiger charge is 2.24. The number of nitrogens with zero attached hydrogens (tertiary/aromatic N) is 1. The van der Waals surface area contributed by atoms with Gasteiger partial charge in [0.2, 0.25) is 0 Å². The van der Waals surface area contributed by atoms with Gasteiger partial charge in [0.1, 0.15) is 18.1 Å². The van der Waals surface area contributed by atoms with E-state index < -0.39 is 4.92 Å². The van der Waals surface area contributed by atoms with Crippen molar-refractivity contribution in [2.75, 3.05) is 13.7 Å². The van der Waals surface area contributed by atoms with Gasteiger partial charge in [-0.25, -0.2) is 0 Å². The fourth-order valence-electron chi connectivity index (χ4n) is 2.33. The van der Waals surface area contributed by atoms with Crippen molar-refractivity contribution >= 4 is 17.5 Å². The molecule has 0 unspecified atom stereocenters. The number of benzene rings is 2. The maximum absolute atomic E-state index is 12.6. The Balaban J connectivity index is 1.91. The van der Waals surface area contributed by atoms with E-state index in [2.05, 4.69) is 0 Å². The Morgan fingerprint density at radius 3 is 2.61 bits per heavy atom. The standard InChI is InChI=1S/C17H13NO5/c1-22-14-6-7-16-15(9-14)17(19)12(10-23-16)8-11-2-4-13(5-3-11)18(20)21/h2-9H,10H2,1H3/b12-8-. The van der Waals surface area contributed by atoms with E-state index in [9.17, 15) is 14.9 Å². The SMILES string of the molecule is COc1ccc2c(c1)C(=O)/C(=C\c1ccc([N+](=O)[O-])cc1)CO2. The van der Waals surface area contributed by atoms with Gasteiger partial charge in [-0.15, -0.1) is 0 Å². The van der Waals surface area contributed by atoms with Gasteiger partial charge in [0.15, 0.2) is 5.78 Å². The number of rotatable bonds is 3. The molecule has 23 heavy (non-hydrogen) atoms. The van der Waals surface area contributed by atoms with Gasteiger partial charge < -0.3 is 9.47 Å². The van der Waals surface area contributed by atoms with Crippen LogP contribution in [0.25, 0.3) is 6.08 Å². The van der Waals surface area contributed by atoms with Crippen molar-refractivity contribution in [2.24, 2.45) is 0 Å². The summed E-state index contributed by atoms with van der Waals surface area (Å²) < 4.78 is 10.7. The highest BCUT2D eigenvalue weighted by molar-refractivity contribution is 6.14. The molecule has 0 aromatic heterocycles. The van der Waals surface area contributed by atoms with Gasteiger partial charge in [-0.2, -0.15) is 0 Å². The van der Waals surface area contributed by atoms with Crippen LogP contribution in [-0.2, 0) is 0 Å². The van der Waals surface area contributed by atoms with Crippen LogP contribution < -0.4 is 9.47 Å². The molecule has 2 aromatic carbocycles. The summed E-state index contributed by atoms with van der Waals surface area (Å²) in [5.74, 6) is 0.970. The lowest BCUT2D eigenvalue weighted by molar-refractivity contribution is -0.384. The minimum absolute atomic E-state index is 0.00783. The van der Waals surface area contributed by atoms with Crippen LogP contribution in [0.2, 0.25) is 0 Å². The van der Waals surface area contributed by atoms with E-state index in [1.54, 1.807) is 36.4 Å². The van der Waals surface area contributed by atoms with E-state index in [1.807, 2.05) is 0 Å². The lowest BCUT2D eigenvalue weighted by atomic mass is 9.98. The molecule has 0 atom stereocenters. The second-order valence-electron chi connectivity index (χ2n) is 5.00. The highest BCUT2D eigenvalue weighted by Crippen LogP contribution is 2.31. The zero-order chi connectivity index (χ0) is 16.4. The molecule has 1 heterocycles.